The van der Waals surface area contributed by atoms with Gasteiger partial charge < -0.3 is 14.7 Å². The van der Waals surface area contributed by atoms with Crippen molar-refractivity contribution in [2.75, 3.05) is 0 Å². The maximum atomic E-state index is 6.40. The summed E-state index contributed by atoms with van der Waals surface area (Å²) in [5, 5.41) is 4.01. The van der Waals surface area contributed by atoms with E-state index >= 15 is 0 Å². The molecular formula is C14H19N3O2. The fourth-order valence-electron chi connectivity index (χ4n) is 2.79. The molecule has 1 aliphatic rings. The molecule has 0 saturated heterocycles. The number of rotatable bonds is 3. The molecule has 0 unspecified atom stereocenters. The Hall–Kier alpha value is -1.62. The summed E-state index contributed by atoms with van der Waals surface area (Å²) in [6.07, 6.45) is 8.03. The summed E-state index contributed by atoms with van der Waals surface area (Å²) < 4.78 is 10.6. The smallest absolute Gasteiger partial charge is 0.228 e. The first-order valence-electron chi connectivity index (χ1n) is 6.82. The predicted octanol–water partition coefficient (Wildman–Crippen LogP) is 2.84. The highest BCUT2D eigenvalue weighted by molar-refractivity contribution is 5.56. The van der Waals surface area contributed by atoms with Crippen molar-refractivity contribution < 1.29 is 8.94 Å². The van der Waals surface area contributed by atoms with Crippen LogP contribution in [-0.4, -0.2) is 15.7 Å². The highest BCUT2D eigenvalue weighted by Crippen LogP contribution is 2.29. The lowest BCUT2D eigenvalue weighted by Gasteiger charge is -2.31. The minimum absolute atomic E-state index is 0.173. The molecule has 0 spiro atoms. The van der Waals surface area contributed by atoms with Crippen molar-refractivity contribution in [3.63, 3.8) is 0 Å². The molecule has 0 atom stereocenters. The average Bonchev–Trinajstić information content (AvgIpc) is 2.98. The number of aromatic nitrogens is 2. The lowest BCUT2D eigenvalue weighted by atomic mass is 9.80. The molecule has 2 aromatic rings. The van der Waals surface area contributed by atoms with Crippen LogP contribution in [0.15, 0.2) is 21.3 Å². The van der Waals surface area contributed by atoms with Gasteiger partial charge in [0.1, 0.15) is 5.76 Å². The van der Waals surface area contributed by atoms with E-state index in [1.165, 1.54) is 19.3 Å². The zero-order valence-electron chi connectivity index (χ0n) is 11.2. The van der Waals surface area contributed by atoms with E-state index in [0.29, 0.717) is 18.1 Å². The van der Waals surface area contributed by atoms with Gasteiger partial charge in [0.05, 0.1) is 11.8 Å². The fraction of sp³-hybridized carbons (Fsp3) is 0.571. The highest BCUT2D eigenvalue weighted by Gasteiger charge is 2.30. The van der Waals surface area contributed by atoms with E-state index in [-0.39, 0.29) is 5.54 Å². The van der Waals surface area contributed by atoms with Gasteiger partial charge in [0.2, 0.25) is 11.7 Å². The second-order valence-electron chi connectivity index (χ2n) is 5.50. The molecule has 5 nitrogen and oxygen atoms in total. The molecule has 102 valence electrons. The molecule has 0 aromatic carbocycles. The molecule has 2 aromatic heterocycles. The molecule has 1 aliphatic carbocycles. The summed E-state index contributed by atoms with van der Waals surface area (Å²) in [7, 11) is 0. The van der Waals surface area contributed by atoms with Gasteiger partial charge in [-0.15, -0.1) is 0 Å². The van der Waals surface area contributed by atoms with E-state index in [1.54, 1.807) is 6.26 Å². The third-order valence-corrected chi connectivity index (χ3v) is 3.92. The Morgan fingerprint density at radius 2 is 2.11 bits per heavy atom. The normalized spacial score (nSPS) is 18.6. The summed E-state index contributed by atoms with van der Waals surface area (Å²) in [6.45, 7) is 1.89. The molecular weight excluding hydrogens is 242 g/mol. The molecule has 1 saturated carbocycles. The van der Waals surface area contributed by atoms with Crippen molar-refractivity contribution in [3.8, 4) is 11.4 Å². The Labute approximate surface area is 112 Å². The molecule has 2 heterocycles. The summed E-state index contributed by atoms with van der Waals surface area (Å²) in [5.41, 5.74) is 7.11. The standard InChI is InChI=1S/C14H19N3O2/c1-10-11(5-8-18-10)13-16-12(19-17-13)9-14(15)6-3-2-4-7-14/h5,8H,2-4,6-7,9,15H2,1H3. The number of hydrogen-bond acceptors (Lipinski definition) is 5. The number of furan rings is 1. The van der Waals surface area contributed by atoms with Gasteiger partial charge in [-0.1, -0.05) is 24.4 Å². The van der Waals surface area contributed by atoms with Crippen molar-refractivity contribution in [1.82, 2.24) is 10.1 Å². The van der Waals surface area contributed by atoms with Gasteiger partial charge in [0, 0.05) is 12.0 Å². The fourth-order valence-corrected chi connectivity index (χ4v) is 2.79. The third kappa shape index (κ3) is 2.56. The second kappa shape index (κ2) is 4.81. The van der Waals surface area contributed by atoms with Gasteiger partial charge in [-0.3, -0.25) is 0 Å². The third-order valence-electron chi connectivity index (χ3n) is 3.92. The van der Waals surface area contributed by atoms with Gasteiger partial charge >= 0.3 is 0 Å². The quantitative estimate of drug-likeness (QED) is 0.919. The van der Waals surface area contributed by atoms with Crippen LogP contribution in [0.1, 0.15) is 43.8 Å². The van der Waals surface area contributed by atoms with E-state index in [1.807, 2.05) is 13.0 Å². The van der Waals surface area contributed by atoms with E-state index in [2.05, 4.69) is 10.1 Å². The Morgan fingerprint density at radius 1 is 1.32 bits per heavy atom. The molecule has 0 amide bonds. The SMILES string of the molecule is Cc1occc1-c1noc(CC2(N)CCCCC2)n1. The molecule has 0 aliphatic heterocycles. The lowest BCUT2D eigenvalue weighted by Crippen LogP contribution is -2.43. The maximum absolute atomic E-state index is 6.40. The summed E-state index contributed by atoms with van der Waals surface area (Å²) in [5.74, 6) is 2.01. The summed E-state index contributed by atoms with van der Waals surface area (Å²) >= 11 is 0. The molecule has 5 heteroatoms. The first kappa shape index (κ1) is 12.4. The van der Waals surface area contributed by atoms with E-state index in [4.69, 9.17) is 14.7 Å². The molecule has 1 fully saturated rings. The van der Waals surface area contributed by atoms with E-state index in [0.717, 1.165) is 24.2 Å². The van der Waals surface area contributed by atoms with Crippen molar-refractivity contribution in [3.05, 3.63) is 24.0 Å². The van der Waals surface area contributed by atoms with Gasteiger partial charge in [0.25, 0.3) is 0 Å². The monoisotopic (exact) mass is 261 g/mol. The van der Waals surface area contributed by atoms with Crippen LogP contribution in [0.3, 0.4) is 0 Å². The number of nitrogens with two attached hydrogens (primary N) is 1. The van der Waals surface area contributed by atoms with Crippen LogP contribution in [-0.2, 0) is 6.42 Å². The minimum Gasteiger partial charge on any atom is -0.469 e. The van der Waals surface area contributed by atoms with E-state index in [9.17, 15) is 0 Å². The second-order valence-corrected chi connectivity index (χ2v) is 5.50. The summed E-state index contributed by atoms with van der Waals surface area (Å²) in [4.78, 5) is 4.44. The Bertz CT molecular complexity index is 553. The van der Waals surface area contributed by atoms with Crippen LogP contribution in [0, 0.1) is 6.92 Å². The van der Waals surface area contributed by atoms with Gasteiger partial charge in [-0.2, -0.15) is 4.98 Å². The Morgan fingerprint density at radius 3 is 2.79 bits per heavy atom. The Kier molecular flexibility index (Phi) is 3.14. The maximum Gasteiger partial charge on any atom is 0.228 e. The van der Waals surface area contributed by atoms with Crippen molar-refractivity contribution in [1.29, 1.82) is 0 Å². The zero-order valence-corrected chi connectivity index (χ0v) is 11.2. The molecule has 19 heavy (non-hydrogen) atoms. The van der Waals surface area contributed by atoms with Crippen molar-refractivity contribution in [2.24, 2.45) is 5.73 Å². The topological polar surface area (TPSA) is 78.1 Å². The number of hydrogen-bond donors (Lipinski definition) is 1. The van der Waals surface area contributed by atoms with Crippen molar-refractivity contribution in [2.45, 2.75) is 51.0 Å². The minimum atomic E-state index is -0.173. The van der Waals surface area contributed by atoms with Crippen LogP contribution in [0.25, 0.3) is 11.4 Å². The van der Waals surface area contributed by atoms with E-state index < -0.39 is 0 Å². The highest BCUT2D eigenvalue weighted by atomic mass is 16.5. The van der Waals surface area contributed by atoms with Crippen molar-refractivity contribution >= 4 is 0 Å². The molecule has 2 N–H and O–H groups in total. The van der Waals surface area contributed by atoms with Crippen LogP contribution in [0.4, 0.5) is 0 Å². The van der Waals surface area contributed by atoms with Crippen LogP contribution < -0.4 is 5.73 Å². The molecule has 0 radical (unpaired) electrons. The van der Waals surface area contributed by atoms with Gasteiger partial charge in [-0.05, 0) is 25.8 Å². The van der Waals surface area contributed by atoms with Gasteiger partial charge in [0.15, 0.2) is 0 Å². The molecule has 0 bridgehead atoms. The summed E-state index contributed by atoms with van der Waals surface area (Å²) in [6, 6.07) is 1.85. The van der Waals surface area contributed by atoms with Gasteiger partial charge in [-0.25, -0.2) is 0 Å². The first-order valence-corrected chi connectivity index (χ1v) is 6.82. The first-order chi connectivity index (χ1) is 9.16. The number of nitrogens with zero attached hydrogens (tertiary/aromatic N) is 2. The Balaban J connectivity index is 1.76. The predicted molar refractivity (Wildman–Crippen MR) is 70.4 cm³/mol. The zero-order chi connectivity index (χ0) is 13.3. The molecule has 3 rings (SSSR count). The van der Waals surface area contributed by atoms with Crippen LogP contribution in [0.2, 0.25) is 0 Å². The average molecular weight is 261 g/mol. The largest absolute Gasteiger partial charge is 0.469 e. The van der Waals surface area contributed by atoms with Crippen LogP contribution in [0.5, 0.6) is 0 Å². The lowest BCUT2D eigenvalue weighted by molar-refractivity contribution is 0.261. The number of aryl methyl sites for hydroxylation is 1. The van der Waals surface area contributed by atoms with Crippen LogP contribution >= 0.6 is 0 Å².